The molecule has 2 heterocycles. The van der Waals surface area contributed by atoms with Gasteiger partial charge in [-0.1, -0.05) is 66.2 Å². The molecule has 0 radical (unpaired) electrons. The van der Waals surface area contributed by atoms with Crippen LogP contribution in [0.3, 0.4) is 0 Å². The summed E-state index contributed by atoms with van der Waals surface area (Å²) in [7, 11) is 0. The van der Waals surface area contributed by atoms with E-state index in [-0.39, 0.29) is 12.0 Å². The zero-order valence-corrected chi connectivity index (χ0v) is 15.8. The fourth-order valence-electron chi connectivity index (χ4n) is 3.97. The molecule has 1 fully saturated rings. The molecule has 0 amide bonds. The van der Waals surface area contributed by atoms with Crippen LogP contribution in [0.2, 0.25) is 0 Å². The summed E-state index contributed by atoms with van der Waals surface area (Å²) in [5.41, 5.74) is 5.03. The van der Waals surface area contributed by atoms with E-state index in [1.807, 2.05) is 12.3 Å². The second-order valence-electron chi connectivity index (χ2n) is 7.15. The number of hydrogen-bond acceptors (Lipinski definition) is 3. The third-order valence-electron chi connectivity index (χ3n) is 5.34. The molecule has 0 aliphatic carbocycles. The zero-order valence-electron chi connectivity index (χ0n) is 15.8. The first kappa shape index (κ1) is 17.9. The highest BCUT2D eigenvalue weighted by Gasteiger charge is 2.33. The van der Waals surface area contributed by atoms with E-state index in [4.69, 9.17) is 9.72 Å². The molecule has 27 heavy (non-hydrogen) atoms. The number of nitrogens with zero attached hydrogens (tertiary/aromatic N) is 2. The van der Waals surface area contributed by atoms with Crippen molar-refractivity contribution in [3.8, 4) is 0 Å². The van der Waals surface area contributed by atoms with Gasteiger partial charge in [0.2, 0.25) is 0 Å². The molecule has 2 atom stereocenters. The Morgan fingerprint density at radius 2 is 1.52 bits per heavy atom. The van der Waals surface area contributed by atoms with Crippen LogP contribution in [-0.2, 0) is 4.74 Å². The Hall–Kier alpha value is -2.49. The van der Waals surface area contributed by atoms with Gasteiger partial charge in [0, 0.05) is 36.9 Å². The SMILES string of the molecule is Cc1ccc(C(C(c2ccccc2)c2ccccn2)N2CCOCC2)cc1. The topological polar surface area (TPSA) is 25.4 Å². The largest absolute Gasteiger partial charge is 0.379 e. The average molecular weight is 358 g/mol. The Morgan fingerprint density at radius 3 is 2.19 bits per heavy atom. The van der Waals surface area contributed by atoms with Crippen molar-refractivity contribution in [1.82, 2.24) is 9.88 Å². The Morgan fingerprint density at radius 1 is 0.815 bits per heavy atom. The average Bonchev–Trinajstić information content (AvgIpc) is 2.75. The minimum atomic E-state index is 0.174. The maximum absolute atomic E-state index is 5.64. The van der Waals surface area contributed by atoms with Crippen LogP contribution in [0.1, 0.15) is 34.3 Å². The molecule has 0 N–H and O–H groups in total. The summed E-state index contributed by atoms with van der Waals surface area (Å²) in [5.74, 6) is 0.174. The predicted molar refractivity (Wildman–Crippen MR) is 109 cm³/mol. The number of aromatic nitrogens is 1. The monoisotopic (exact) mass is 358 g/mol. The first-order valence-electron chi connectivity index (χ1n) is 9.67. The minimum Gasteiger partial charge on any atom is -0.379 e. The van der Waals surface area contributed by atoms with Gasteiger partial charge in [-0.3, -0.25) is 9.88 Å². The van der Waals surface area contributed by atoms with Crippen LogP contribution in [0.5, 0.6) is 0 Å². The van der Waals surface area contributed by atoms with Crippen LogP contribution in [-0.4, -0.2) is 36.2 Å². The second-order valence-corrected chi connectivity index (χ2v) is 7.15. The van der Waals surface area contributed by atoms with Crippen LogP contribution in [0.4, 0.5) is 0 Å². The number of aryl methyl sites for hydroxylation is 1. The Balaban J connectivity index is 1.84. The molecule has 1 saturated heterocycles. The normalized spacial score (nSPS) is 17.4. The summed E-state index contributed by atoms with van der Waals surface area (Å²) in [6.45, 7) is 5.59. The van der Waals surface area contributed by atoms with E-state index in [1.165, 1.54) is 16.7 Å². The third kappa shape index (κ3) is 4.10. The molecule has 1 aliphatic heterocycles. The minimum absolute atomic E-state index is 0.174. The van der Waals surface area contributed by atoms with Gasteiger partial charge in [0.25, 0.3) is 0 Å². The second kappa shape index (κ2) is 8.47. The third-order valence-corrected chi connectivity index (χ3v) is 5.34. The highest BCUT2D eigenvalue weighted by molar-refractivity contribution is 5.36. The summed E-state index contributed by atoms with van der Waals surface area (Å²) in [5, 5.41) is 0. The lowest BCUT2D eigenvalue weighted by Crippen LogP contribution is -2.41. The lowest BCUT2D eigenvalue weighted by Gasteiger charge is -2.39. The van der Waals surface area contributed by atoms with Crippen molar-refractivity contribution in [2.75, 3.05) is 26.3 Å². The van der Waals surface area contributed by atoms with Crippen molar-refractivity contribution < 1.29 is 4.74 Å². The van der Waals surface area contributed by atoms with Crippen molar-refractivity contribution >= 4 is 0 Å². The molecule has 1 aliphatic rings. The predicted octanol–water partition coefficient (Wildman–Crippen LogP) is 4.60. The number of morpholine rings is 1. The van der Waals surface area contributed by atoms with Crippen LogP contribution in [0, 0.1) is 6.92 Å². The molecule has 2 aromatic carbocycles. The van der Waals surface area contributed by atoms with Gasteiger partial charge in [-0.05, 0) is 30.2 Å². The molecule has 0 saturated carbocycles. The summed E-state index contributed by atoms with van der Waals surface area (Å²) in [4.78, 5) is 7.31. The van der Waals surface area contributed by atoms with Gasteiger partial charge in [0.1, 0.15) is 0 Å². The molecule has 1 aromatic heterocycles. The van der Waals surface area contributed by atoms with E-state index in [0.717, 1.165) is 32.0 Å². The molecule has 3 nitrogen and oxygen atoms in total. The van der Waals surface area contributed by atoms with E-state index < -0.39 is 0 Å². The number of rotatable bonds is 5. The molecule has 3 heteroatoms. The molecular weight excluding hydrogens is 332 g/mol. The van der Waals surface area contributed by atoms with E-state index in [2.05, 4.69) is 78.6 Å². The smallest absolute Gasteiger partial charge is 0.0594 e. The van der Waals surface area contributed by atoms with E-state index in [1.54, 1.807) is 0 Å². The summed E-state index contributed by atoms with van der Waals surface area (Å²) in [6.07, 6.45) is 1.90. The maximum atomic E-state index is 5.64. The van der Waals surface area contributed by atoms with Crippen molar-refractivity contribution in [3.63, 3.8) is 0 Å². The van der Waals surface area contributed by atoms with E-state index in [0.29, 0.717) is 0 Å². The maximum Gasteiger partial charge on any atom is 0.0594 e. The fourth-order valence-corrected chi connectivity index (χ4v) is 3.97. The van der Waals surface area contributed by atoms with E-state index in [9.17, 15) is 0 Å². The quantitative estimate of drug-likeness (QED) is 0.667. The van der Waals surface area contributed by atoms with Gasteiger partial charge >= 0.3 is 0 Å². The van der Waals surface area contributed by atoms with Crippen molar-refractivity contribution in [2.45, 2.75) is 18.9 Å². The molecule has 4 rings (SSSR count). The Labute approximate surface area is 161 Å². The van der Waals surface area contributed by atoms with E-state index >= 15 is 0 Å². The highest BCUT2D eigenvalue weighted by Crippen LogP contribution is 2.40. The highest BCUT2D eigenvalue weighted by atomic mass is 16.5. The lowest BCUT2D eigenvalue weighted by molar-refractivity contribution is 0.0122. The molecule has 3 aromatic rings. The molecule has 2 unspecified atom stereocenters. The summed E-state index contributed by atoms with van der Waals surface area (Å²) < 4.78 is 5.64. The van der Waals surface area contributed by atoms with Gasteiger partial charge in [-0.15, -0.1) is 0 Å². The summed E-state index contributed by atoms with van der Waals surface area (Å²) in [6, 6.07) is 26.2. The van der Waals surface area contributed by atoms with Crippen molar-refractivity contribution in [1.29, 1.82) is 0 Å². The van der Waals surface area contributed by atoms with Crippen LogP contribution >= 0.6 is 0 Å². The number of pyridine rings is 1. The fraction of sp³-hybridized carbons (Fsp3) is 0.292. The van der Waals surface area contributed by atoms with Crippen LogP contribution in [0.25, 0.3) is 0 Å². The molecular formula is C24H26N2O. The van der Waals surface area contributed by atoms with Gasteiger partial charge < -0.3 is 4.74 Å². The summed E-state index contributed by atoms with van der Waals surface area (Å²) >= 11 is 0. The standard InChI is InChI=1S/C24H26N2O/c1-19-10-12-21(13-11-19)24(26-15-17-27-18-16-26)23(20-7-3-2-4-8-20)22-9-5-6-14-25-22/h2-14,23-24H,15-18H2,1H3. The zero-order chi connectivity index (χ0) is 18.5. The first-order chi connectivity index (χ1) is 13.3. The van der Waals surface area contributed by atoms with Crippen LogP contribution < -0.4 is 0 Å². The van der Waals surface area contributed by atoms with Gasteiger partial charge in [-0.25, -0.2) is 0 Å². The Bertz CT molecular complexity index is 788. The van der Waals surface area contributed by atoms with Crippen molar-refractivity contribution in [2.24, 2.45) is 0 Å². The number of hydrogen-bond donors (Lipinski definition) is 0. The lowest BCUT2D eigenvalue weighted by atomic mass is 9.83. The first-order valence-corrected chi connectivity index (χ1v) is 9.67. The van der Waals surface area contributed by atoms with Crippen molar-refractivity contribution in [3.05, 3.63) is 101 Å². The number of benzene rings is 2. The van der Waals surface area contributed by atoms with Gasteiger partial charge in [-0.2, -0.15) is 0 Å². The molecule has 0 bridgehead atoms. The van der Waals surface area contributed by atoms with Gasteiger partial charge in [0.15, 0.2) is 0 Å². The van der Waals surface area contributed by atoms with Gasteiger partial charge in [0.05, 0.1) is 13.2 Å². The molecule has 0 spiro atoms. The number of ether oxygens (including phenoxy) is 1. The Kier molecular flexibility index (Phi) is 5.61. The molecule has 138 valence electrons. The van der Waals surface area contributed by atoms with Crippen LogP contribution in [0.15, 0.2) is 79.0 Å².